The van der Waals surface area contributed by atoms with Crippen LogP contribution in [0.25, 0.3) is 0 Å². The van der Waals surface area contributed by atoms with Crippen molar-refractivity contribution in [1.29, 1.82) is 0 Å². The normalized spacial score (nSPS) is 17.5. The lowest BCUT2D eigenvalue weighted by atomic mass is 9.99. The van der Waals surface area contributed by atoms with Crippen molar-refractivity contribution in [2.45, 2.75) is 64.8 Å². The third-order valence-electron chi connectivity index (χ3n) is 4.47. The molecule has 138 valence electrons. The molecular weight excluding hydrogens is 384 g/mol. The number of likely N-dealkylation sites (N-methyl/N-ethyl adjacent to an activating group) is 1. The summed E-state index contributed by atoms with van der Waals surface area (Å²) in [4.78, 5) is 2.37. The largest absolute Gasteiger partial charge is 0.302 e. The van der Waals surface area contributed by atoms with Crippen LogP contribution in [0.5, 0.6) is 0 Å². The van der Waals surface area contributed by atoms with Crippen molar-refractivity contribution in [3.8, 4) is 0 Å². The molecule has 0 aliphatic rings. The zero-order chi connectivity index (χ0) is 18.5. The maximum absolute atomic E-state index is 12.7. The summed E-state index contributed by atoms with van der Waals surface area (Å²) in [7, 11) is 1.04. The van der Waals surface area contributed by atoms with Crippen LogP contribution in [0.3, 0.4) is 0 Å². The van der Waals surface area contributed by atoms with E-state index in [-0.39, 0.29) is 16.8 Å². The van der Waals surface area contributed by atoms with Crippen molar-refractivity contribution < 1.29 is 4.21 Å². The van der Waals surface area contributed by atoms with E-state index < -0.39 is 11.0 Å². The predicted molar refractivity (Wildman–Crippen MR) is 109 cm³/mol. The zero-order valence-corrected chi connectivity index (χ0v) is 18.5. The van der Waals surface area contributed by atoms with Crippen molar-refractivity contribution in [1.82, 2.24) is 9.62 Å². The van der Waals surface area contributed by atoms with Crippen LogP contribution in [-0.4, -0.2) is 33.5 Å². The molecule has 4 atom stereocenters. The van der Waals surface area contributed by atoms with Crippen LogP contribution in [0.15, 0.2) is 28.7 Å². The maximum atomic E-state index is 12.7. The molecule has 0 aromatic heterocycles. The molecule has 0 saturated carbocycles. The monoisotopic (exact) mass is 416 g/mol. The van der Waals surface area contributed by atoms with E-state index in [0.29, 0.717) is 5.92 Å². The van der Waals surface area contributed by atoms with E-state index in [1.54, 1.807) is 0 Å². The Labute approximate surface area is 159 Å². The molecule has 0 radical (unpaired) electrons. The molecule has 0 saturated heterocycles. The Morgan fingerprint density at radius 1 is 1.29 bits per heavy atom. The van der Waals surface area contributed by atoms with Crippen LogP contribution in [0, 0.1) is 5.92 Å². The molecule has 0 fully saturated rings. The number of nitrogens with zero attached hydrogens (tertiary/aromatic N) is 1. The summed E-state index contributed by atoms with van der Waals surface area (Å²) in [5.41, 5.74) is 1.16. The van der Waals surface area contributed by atoms with Crippen LogP contribution < -0.4 is 4.72 Å². The van der Waals surface area contributed by atoms with Gasteiger partial charge in [0.1, 0.15) is 0 Å². The van der Waals surface area contributed by atoms with Crippen molar-refractivity contribution in [2.24, 2.45) is 5.92 Å². The van der Waals surface area contributed by atoms with E-state index in [1.165, 1.54) is 6.42 Å². The van der Waals surface area contributed by atoms with Crippen molar-refractivity contribution in [2.75, 3.05) is 13.6 Å². The molecule has 0 bridgehead atoms. The molecule has 0 aliphatic carbocycles. The van der Waals surface area contributed by atoms with E-state index in [1.807, 2.05) is 32.9 Å². The minimum Gasteiger partial charge on any atom is -0.302 e. The molecule has 24 heavy (non-hydrogen) atoms. The van der Waals surface area contributed by atoms with Crippen LogP contribution in [0.1, 0.15) is 59.6 Å². The lowest BCUT2D eigenvalue weighted by Crippen LogP contribution is -2.46. The SMILES string of the molecule is CCC(C)CN(C)C(C)C(NS(=O)C(C)(C)C)c1cccc(Br)c1. The molecule has 1 rings (SSSR count). The third-order valence-corrected chi connectivity index (χ3v) is 6.55. The summed E-state index contributed by atoms with van der Waals surface area (Å²) in [6.07, 6.45) is 1.17. The fourth-order valence-corrected chi connectivity index (χ4v) is 3.81. The summed E-state index contributed by atoms with van der Waals surface area (Å²) in [5, 5.41) is 0. The summed E-state index contributed by atoms with van der Waals surface area (Å²) in [6.45, 7) is 13.7. The molecule has 1 aromatic carbocycles. The Hall–Kier alpha value is -0.230. The first-order valence-corrected chi connectivity index (χ1v) is 10.6. The topological polar surface area (TPSA) is 32.3 Å². The van der Waals surface area contributed by atoms with E-state index in [2.05, 4.69) is 65.5 Å². The smallest absolute Gasteiger partial charge is 0.0976 e. The van der Waals surface area contributed by atoms with Gasteiger partial charge in [-0.2, -0.15) is 0 Å². The van der Waals surface area contributed by atoms with Gasteiger partial charge in [0.15, 0.2) is 0 Å². The number of hydrogen-bond donors (Lipinski definition) is 1. The Balaban J connectivity index is 3.06. The van der Waals surface area contributed by atoms with Crippen molar-refractivity contribution >= 4 is 26.9 Å². The van der Waals surface area contributed by atoms with Gasteiger partial charge in [-0.05, 0) is 58.4 Å². The van der Waals surface area contributed by atoms with Gasteiger partial charge in [-0.3, -0.25) is 0 Å². The Bertz CT molecular complexity index is 544. The number of hydrogen-bond acceptors (Lipinski definition) is 2. The molecule has 1 N–H and O–H groups in total. The van der Waals surface area contributed by atoms with E-state index >= 15 is 0 Å². The average Bonchev–Trinajstić information content (AvgIpc) is 2.50. The third kappa shape index (κ3) is 6.58. The Morgan fingerprint density at radius 2 is 1.92 bits per heavy atom. The molecule has 0 heterocycles. The van der Waals surface area contributed by atoms with Gasteiger partial charge in [0.2, 0.25) is 0 Å². The van der Waals surface area contributed by atoms with Gasteiger partial charge >= 0.3 is 0 Å². The first-order valence-electron chi connectivity index (χ1n) is 8.70. The molecule has 0 aliphatic heterocycles. The van der Waals surface area contributed by atoms with Gasteiger partial charge in [-0.1, -0.05) is 48.3 Å². The zero-order valence-electron chi connectivity index (χ0n) is 16.1. The highest BCUT2D eigenvalue weighted by Gasteiger charge is 2.29. The maximum Gasteiger partial charge on any atom is 0.0976 e. The van der Waals surface area contributed by atoms with Crippen molar-refractivity contribution in [3.63, 3.8) is 0 Å². The standard InChI is InChI=1S/C19H33BrN2OS/c1-8-14(2)13-22(7)15(3)18(21-24(23)19(4,5)6)16-10-9-11-17(20)12-16/h9-12,14-15,18,21H,8,13H2,1-7H3. The molecule has 1 aromatic rings. The summed E-state index contributed by atoms with van der Waals surface area (Å²) in [5.74, 6) is 0.647. The van der Waals surface area contributed by atoms with Gasteiger partial charge in [0.05, 0.1) is 21.8 Å². The van der Waals surface area contributed by atoms with Gasteiger partial charge in [0, 0.05) is 17.1 Å². The number of benzene rings is 1. The minimum atomic E-state index is -1.12. The molecule has 3 nitrogen and oxygen atoms in total. The molecule has 4 unspecified atom stereocenters. The predicted octanol–water partition coefficient (Wildman–Crippen LogP) is 4.91. The van der Waals surface area contributed by atoms with E-state index in [0.717, 1.165) is 16.6 Å². The lowest BCUT2D eigenvalue weighted by molar-refractivity contribution is 0.192. The summed E-state index contributed by atoms with van der Waals surface area (Å²) < 4.78 is 16.8. The Kier molecular flexibility index (Phi) is 8.60. The van der Waals surface area contributed by atoms with Gasteiger partial charge in [-0.15, -0.1) is 0 Å². The van der Waals surface area contributed by atoms with Crippen LogP contribution in [0.2, 0.25) is 0 Å². The first-order chi connectivity index (χ1) is 11.1. The van der Waals surface area contributed by atoms with Gasteiger partial charge < -0.3 is 4.90 Å². The Morgan fingerprint density at radius 3 is 2.42 bits per heavy atom. The molecular formula is C19H33BrN2OS. The van der Waals surface area contributed by atoms with E-state index in [4.69, 9.17) is 0 Å². The lowest BCUT2D eigenvalue weighted by Gasteiger charge is -2.35. The average molecular weight is 417 g/mol. The van der Waals surface area contributed by atoms with Crippen LogP contribution in [-0.2, 0) is 11.0 Å². The van der Waals surface area contributed by atoms with Crippen LogP contribution >= 0.6 is 15.9 Å². The quantitative estimate of drug-likeness (QED) is 0.652. The number of halogens is 1. The number of nitrogens with one attached hydrogen (secondary N) is 1. The van der Waals surface area contributed by atoms with E-state index in [9.17, 15) is 4.21 Å². The fourth-order valence-electron chi connectivity index (χ4n) is 2.48. The van der Waals surface area contributed by atoms with Gasteiger partial charge in [0.25, 0.3) is 0 Å². The highest BCUT2D eigenvalue weighted by molar-refractivity contribution is 9.10. The molecule has 0 amide bonds. The van der Waals surface area contributed by atoms with Gasteiger partial charge in [-0.25, -0.2) is 8.93 Å². The van der Waals surface area contributed by atoms with Crippen molar-refractivity contribution in [3.05, 3.63) is 34.3 Å². The highest BCUT2D eigenvalue weighted by atomic mass is 79.9. The second-order valence-corrected chi connectivity index (χ2v) is 10.6. The molecule has 5 heteroatoms. The summed E-state index contributed by atoms with van der Waals surface area (Å²) in [6, 6.07) is 8.53. The summed E-state index contributed by atoms with van der Waals surface area (Å²) >= 11 is 3.56. The fraction of sp³-hybridized carbons (Fsp3) is 0.684. The second-order valence-electron chi connectivity index (χ2n) is 7.73. The first kappa shape index (κ1) is 21.8. The molecule has 0 spiro atoms. The second kappa shape index (κ2) is 9.46. The minimum absolute atomic E-state index is 0.0108. The van der Waals surface area contributed by atoms with Crippen LogP contribution in [0.4, 0.5) is 0 Å². The number of rotatable bonds is 8. The highest BCUT2D eigenvalue weighted by Crippen LogP contribution is 2.26.